The van der Waals surface area contributed by atoms with Crippen LogP contribution in [0.2, 0.25) is 0 Å². The number of nitrogens with zero attached hydrogens (tertiary/aromatic N) is 2. The molecule has 0 saturated carbocycles. The fourth-order valence-corrected chi connectivity index (χ4v) is 4.39. The van der Waals surface area contributed by atoms with E-state index in [1.54, 1.807) is 11.3 Å². The lowest BCUT2D eigenvalue weighted by Gasteiger charge is -2.16. The van der Waals surface area contributed by atoms with Crippen molar-refractivity contribution in [3.63, 3.8) is 0 Å². The van der Waals surface area contributed by atoms with Crippen molar-refractivity contribution >= 4 is 33.3 Å². The van der Waals surface area contributed by atoms with E-state index in [4.69, 9.17) is 10.5 Å². The maximum Gasteiger partial charge on any atom is 0.306 e. The first kappa shape index (κ1) is 17.1. The van der Waals surface area contributed by atoms with E-state index in [0.29, 0.717) is 18.1 Å². The van der Waals surface area contributed by atoms with Crippen molar-refractivity contribution in [2.45, 2.75) is 65.9 Å². The van der Waals surface area contributed by atoms with Crippen molar-refractivity contribution in [1.29, 1.82) is 0 Å². The maximum absolute atomic E-state index is 11.9. The summed E-state index contributed by atoms with van der Waals surface area (Å²) in [5.41, 5.74) is 7.44. The monoisotopic (exact) mass is 347 g/mol. The minimum Gasteiger partial charge on any atom is -0.457 e. The van der Waals surface area contributed by atoms with Crippen molar-refractivity contribution in [3.05, 3.63) is 16.3 Å². The van der Waals surface area contributed by atoms with E-state index in [-0.39, 0.29) is 18.0 Å². The summed E-state index contributed by atoms with van der Waals surface area (Å²) in [7, 11) is 0. The summed E-state index contributed by atoms with van der Waals surface area (Å²) in [5, 5.41) is 1.02. The van der Waals surface area contributed by atoms with Gasteiger partial charge >= 0.3 is 5.97 Å². The largest absolute Gasteiger partial charge is 0.457 e. The molecular formula is C18H25N3O2S. The van der Waals surface area contributed by atoms with Gasteiger partial charge in [0.1, 0.15) is 10.6 Å². The third kappa shape index (κ3) is 3.86. The Hall–Kier alpha value is -1.69. The maximum atomic E-state index is 11.9. The quantitative estimate of drug-likeness (QED) is 0.670. The third-order valence-corrected chi connectivity index (χ3v) is 5.36. The Morgan fingerprint density at radius 3 is 2.71 bits per heavy atom. The van der Waals surface area contributed by atoms with Crippen molar-refractivity contribution in [2.75, 3.05) is 5.73 Å². The lowest BCUT2D eigenvalue weighted by atomic mass is 9.92. The molecule has 24 heavy (non-hydrogen) atoms. The fourth-order valence-electron chi connectivity index (χ4n) is 3.10. The predicted octanol–water partition coefficient (Wildman–Crippen LogP) is 4.02. The number of rotatable bonds is 3. The summed E-state index contributed by atoms with van der Waals surface area (Å²) in [5.74, 6) is 0.770. The SMILES string of the molecule is CC(C)(C)CC(=O)OCc1nc(N)c2c3c(sc2n1)CCCCC3. The van der Waals surface area contributed by atoms with Crippen LogP contribution in [0.3, 0.4) is 0 Å². The Morgan fingerprint density at radius 1 is 1.21 bits per heavy atom. The molecule has 3 rings (SSSR count). The molecule has 0 saturated heterocycles. The van der Waals surface area contributed by atoms with E-state index in [1.165, 1.54) is 29.7 Å². The number of anilines is 1. The molecule has 0 bridgehead atoms. The van der Waals surface area contributed by atoms with Gasteiger partial charge in [-0.3, -0.25) is 4.79 Å². The van der Waals surface area contributed by atoms with Crippen molar-refractivity contribution in [1.82, 2.24) is 9.97 Å². The Kier molecular flexibility index (Phi) is 4.76. The van der Waals surface area contributed by atoms with E-state index < -0.39 is 0 Å². The Balaban J connectivity index is 1.80. The first-order valence-corrected chi connectivity index (χ1v) is 9.37. The average Bonchev–Trinajstić information content (AvgIpc) is 2.66. The molecule has 0 radical (unpaired) electrons. The first-order chi connectivity index (χ1) is 11.3. The molecule has 0 fully saturated rings. The summed E-state index contributed by atoms with van der Waals surface area (Å²) in [6.45, 7) is 6.10. The Labute approximate surface area is 146 Å². The standard InChI is InChI=1S/C18H25N3O2S/c1-18(2,3)9-14(22)23-10-13-20-16(19)15-11-7-5-4-6-8-12(11)24-17(15)21-13/h4-10H2,1-3H3,(H2,19,20,21). The zero-order chi connectivity index (χ0) is 17.3. The van der Waals surface area contributed by atoms with Crippen LogP contribution in [0, 0.1) is 5.41 Å². The van der Waals surface area contributed by atoms with Gasteiger partial charge in [0.15, 0.2) is 12.4 Å². The molecule has 0 amide bonds. The zero-order valence-electron chi connectivity index (χ0n) is 14.6. The number of aryl methyl sites for hydroxylation is 2. The van der Waals surface area contributed by atoms with Crippen LogP contribution in [-0.4, -0.2) is 15.9 Å². The van der Waals surface area contributed by atoms with Gasteiger partial charge in [0.2, 0.25) is 0 Å². The molecule has 1 aliphatic carbocycles. The topological polar surface area (TPSA) is 78.1 Å². The number of hydrogen-bond acceptors (Lipinski definition) is 6. The molecule has 2 aromatic heterocycles. The molecule has 1 aliphatic rings. The van der Waals surface area contributed by atoms with Crippen LogP contribution < -0.4 is 5.73 Å². The molecule has 0 spiro atoms. The van der Waals surface area contributed by atoms with E-state index in [2.05, 4.69) is 9.97 Å². The minimum absolute atomic E-state index is 0.0810. The number of aromatic nitrogens is 2. The van der Waals surface area contributed by atoms with Gasteiger partial charge in [0.05, 0.1) is 11.8 Å². The van der Waals surface area contributed by atoms with Gasteiger partial charge in [0.25, 0.3) is 0 Å². The van der Waals surface area contributed by atoms with Gasteiger partial charge in [-0.1, -0.05) is 27.2 Å². The summed E-state index contributed by atoms with van der Waals surface area (Å²) < 4.78 is 5.32. The highest BCUT2D eigenvalue weighted by atomic mass is 32.1. The number of carbonyl (C=O) groups is 1. The van der Waals surface area contributed by atoms with Crippen LogP contribution in [0.1, 0.15) is 62.7 Å². The number of nitrogens with two attached hydrogens (primary N) is 1. The Morgan fingerprint density at radius 2 is 1.96 bits per heavy atom. The number of fused-ring (bicyclic) bond motifs is 3. The average molecular weight is 347 g/mol. The van der Waals surface area contributed by atoms with Gasteiger partial charge in [0, 0.05) is 4.88 Å². The van der Waals surface area contributed by atoms with Crippen LogP contribution in [0.4, 0.5) is 5.82 Å². The molecule has 0 atom stereocenters. The van der Waals surface area contributed by atoms with E-state index >= 15 is 0 Å². The molecule has 2 heterocycles. The second-order valence-corrected chi connectivity index (χ2v) is 8.75. The lowest BCUT2D eigenvalue weighted by molar-refractivity contribution is -0.147. The Bertz CT molecular complexity index is 762. The lowest BCUT2D eigenvalue weighted by Crippen LogP contribution is -2.16. The highest BCUT2D eigenvalue weighted by Gasteiger charge is 2.20. The predicted molar refractivity (Wildman–Crippen MR) is 97.0 cm³/mol. The van der Waals surface area contributed by atoms with Gasteiger partial charge in [-0.05, 0) is 36.7 Å². The molecule has 6 heteroatoms. The van der Waals surface area contributed by atoms with Crippen LogP contribution in [0.25, 0.3) is 10.2 Å². The number of esters is 1. The van der Waals surface area contributed by atoms with Gasteiger partial charge in [-0.2, -0.15) is 0 Å². The molecule has 0 aromatic carbocycles. The van der Waals surface area contributed by atoms with E-state index in [1.807, 2.05) is 20.8 Å². The second-order valence-electron chi connectivity index (χ2n) is 7.67. The number of thiophene rings is 1. The fraction of sp³-hybridized carbons (Fsp3) is 0.611. The van der Waals surface area contributed by atoms with Crippen molar-refractivity contribution < 1.29 is 9.53 Å². The highest BCUT2D eigenvalue weighted by Crippen LogP contribution is 2.37. The highest BCUT2D eigenvalue weighted by molar-refractivity contribution is 7.19. The number of carbonyl (C=O) groups excluding carboxylic acids is 1. The third-order valence-electron chi connectivity index (χ3n) is 4.18. The summed E-state index contributed by atoms with van der Waals surface area (Å²) in [4.78, 5) is 23.2. The van der Waals surface area contributed by atoms with E-state index in [9.17, 15) is 4.79 Å². The normalized spacial score (nSPS) is 15.1. The van der Waals surface area contributed by atoms with Gasteiger partial charge in [-0.15, -0.1) is 11.3 Å². The number of nitrogen functional groups attached to an aromatic ring is 1. The molecular weight excluding hydrogens is 322 g/mol. The van der Waals surface area contributed by atoms with Gasteiger partial charge < -0.3 is 10.5 Å². The summed E-state index contributed by atoms with van der Waals surface area (Å²) in [6, 6.07) is 0. The van der Waals surface area contributed by atoms with Crippen LogP contribution in [0.15, 0.2) is 0 Å². The smallest absolute Gasteiger partial charge is 0.306 e. The molecule has 2 aromatic rings. The number of ether oxygens (including phenoxy) is 1. The molecule has 5 nitrogen and oxygen atoms in total. The second kappa shape index (κ2) is 6.67. The molecule has 0 unspecified atom stereocenters. The molecule has 130 valence electrons. The van der Waals surface area contributed by atoms with Crippen molar-refractivity contribution in [3.8, 4) is 0 Å². The van der Waals surface area contributed by atoms with Crippen LogP contribution in [0.5, 0.6) is 0 Å². The summed E-state index contributed by atoms with van der Waals surface area (Å²) in [6.07, 6.45) is 6.23. The van der Waals surface area contributed by atoms with Crippen LogP contribution >= 0.6 is 11.3 Å². The molecule has 2 N–H and O–H groups in total. The van der Waals surface area contributed by atoms with Gasteiger partial charge in [-0.25, -0.2) is 9.97 Å². The first-order valence-electron chi connectivity index (χ1n) is 8.56. The number of hydrogen-bond donors (Lipinski definition) is 1. The molecule has 0 aliphatic heterocycles. The van der Waals surface area contributed by atoms with E-state index in [0.717, 1.165) is 23.1 Å². The minimum atomic E-state index is -0.230. The zero-order valence-corrected chi connectivity index (χ0v) is 15.5. The van der Waals surface area contributed by atoms with Crippen LogP contribution in [-0.2, 0) is 29.0 Å². The van der Waals surface area contributed by atoms with Crippen molar-refractivity contribution in [2.24, 2.45) is 5.41 Å². The summed E-state index contributed by atoms with van der Waals surface area (Å²) >= 11 is 1.71.